The maximum Gasteiger partial charge on any atom is 0.410 e. The van der Waals surface area contributed by atoms with Crippen LogP contribution >= 0.6 is 0 Å². The number of rotatable bonds is 4. The Morgan fingerprint density at radius 3 is 2.64 bits per heavy atom. The monoisotopic (exact) mass is 307 g/mol. The highest BCUT2D eigenvalue weighted by Gasteiger charge is 2.27. The van der Waals surface area contributed by atoms with Gasteiger partial charge in [0.05, 0.1) is 6.54 Å². The summed E-state index contributed by atoms with van der Waals surface area (Å²) in [4.78, 5) is 14.0. The van der Waals surface area contributed by atoms with Gasteiger partial charge in [0, 0.05) is 6.54 Å². The second-order valence-corrected chi connectivity index (χ2v) is 6.42. The molecule has 0 saturated heterocycles. The Kier molecular flexibility index (Phi) is 5.16. The normalized spacial score (nSPS) is 17.0. The molecule has 1 aromatic rings. The van der Waals surface area contributed by atoms with Gasteiger partial charge in [-0.2, -0.15) is 0 Å². The third-order valence-corrected chi connectivity index (χ3v) is 3.14. The number of fused-ring (bicyclic) bond motifs is 1. The number of benzene rings is 1. The van der Waals surface area contributed by atoms with Crippen molar-refractivity contribution in [1.82, 2.24) is 4.90 Å². The predicted molar refractivity (Wildman–Crippen MR) is 84.5 cm³/mol. The van der Waals surface area contributed by atoms with Crippen LogP contribution in [0.15, 0.2) is 24.3 Å². The summed E-state index contributed by atoms with van der Waals surface area (Å²) in [7, 11) is 0. The van der Waals surface area contributed by atoms with Crippen molar-refractivity contribution < 1.29 is 19.0 Å². The van der Waals surface area contributed by atoms with Crippen LogP contribution in [0, 0.1) is 0 Å². The SMILES string of the molecule is CCCN(CC1COc2ccccc2O1)C(=O)OC(C)(C)C. The van der Waals surface area contributed by atoms with Crippen LogP contribution in [-0.4, -0.2) is 42.4 Å². The van der Waals surface area contributed by atoms with E-state index in [1.54, 1.807) is 4.90 Å². The Labute approximate surface area is 132 Å². The fraction of sp³-hybridized carbons (Fsp3) is 0.588. The maximum atomic E-state index is 12.3. The summed E-state index contributed by atoms with van der Waals surface area (Å²) < 4.78 is 17.1. The zero-order chi connectivity index (χ0) is 16.2. The Morgan fingerprint density at radius 1 is 1.32 bits per heavy atom. The molecule has 1 amide bonds. The maximum absolute atomic E-state index is 12.3. The highest BCUT2D eigenvalue weighted by Crippen LogP contribution is 2.31. The van der Waals surface area contributed by atoms with Crippen molar-refractivity contribution in [1.29, 1.82) is 0 Å². The van der Waals surface area contributed by atoms with Crippen LogP contribution in [0.2, 0.25) is 0 Å². The largest absolute Gasteiger partial charge is 0.486 e. The predicted octanol–water partition coefficient (Wildman–Crippen LogP) is 3.47. The number of carbonyl (C=O) groups excluding carboxylic acids is 1. The molecule has 0 bridgehead atoms. The second-order valence-electron chi connectivity index (χ2n) is 6.42. The first-order chi connectivity index (χ1) is 10.4. The van der Waals surface area contributed by atoms with E-state index in [2.05, 4.69) is 0 Å². The first kappa shape index (κ1) is 16.5. The lowest BCUT2D eigenvalue weighted by atomic mass is 10.2. The molecule has 0 saturated carbocycles. The molecule has 1 aliphatic heterocycles. The smallest absolute Gasteiger partial charge is 0.410 e. The van der Waals surface area contributed by atoms with Crippen molar-refractivity contribution in [2.24, 2.45) is 0 Å². The van der Waals surface area contributed by atoms with Crippen LogP contribution in [0.5, 0.6) is 11.5 Å². The number of nitrogens with zero attached hydrogens (tertiary/aromatic N) is 1. The average molecular weight is 307 g/mol. The van der Waals surface area contributed by atoms with E-state index in [9.17, 15) is 4.79 Å². The Morgan fingerprint density at radius 2 is 2.00 bits per heavy atom. The van der Waals surface area contributed by atoms with Crippen molar-refractivity contribution in [2.75, 3.05) is 19.7 Å². The van der Waals surface area contributed by atoms with Crippen LogP contribution in [0.3, 0.4) is 0 Å². The molecule has 0 radical (unpaired) electrons. The molecule has 1 atom stereocenters. The molecule has 0 aliphatic carbocycles. The minimum atomic E-state index is -0.500. The van der Waals surface area contributed by atoms with E-state index < -0.39 is 5.60 Å². The van der Waals surface area contributed by atoms with Crippen LogP contribution in [0.1, 0.15) is 34.1 Å². The summed E-state index contributed by atoms with van der Waals surface area (Å²) in [5.41, 5.74) is -0.500. The molecule has 1 unspecified atom stereocenters. The number of para-hydroxylation sites is 2. The number of amides is 1. The van der Waals surface area contributed by atoms with Crippen molar-refractivity contribution in [3.63, 3.8) is 0 Å². The fourth-order valence-corrected chi connectivity index (χ4v) is 2.25. The minimum Gasteiger partial charge on any atom is -0.486 e. The number of hydrogen-bond acceptors (Lipinski definition) is 4. The van der Waals surface area contributed by atoms with E-state index in [0.717, 1.165) is 17.9 Å². The molecule has 0 aromatic heterocycles. The van der Waals surface area contributed by atoms with Crippen LogP contribution in [0.4, 0.5) is 4.79 Å². The Hall–Kier alpha value is -1.91. The molecular formula is C17H25NO4. The summed E-state index contributed by atoms with van der Waals surface area (Å²) >= 11 is 0. The lowest BCUT2D eigenvalue weighted by molar-refractivity contribution is 0.00833. The molecule has 122 valence electrons. The molecule has 0 N–H and O–H groups in total. The van der Waals surface area contributed by atoms with Gasteiger partial charge in [-0.25, -0.2) is 4.79 Å². The van der Waals surface area contributed by atoms with E-state index in [1.165, 1.54) is 0 Å². The lowest BCUT2D eigenvalue weighted by Crippen LogP contribution is -2.45. The highest BCUT2D eigenvalue weighted by molar-refractivity contribution is 5.68. The van der Waals surface area contributed by atoms with Gasteiger partial charge in [0.15, 0.2) is 17.6 Å². The van der Waals surface area contributed by atoms with Crippen LogP contribution < -0.4 is 9.47 Å². The third-order valence-electron chi connectivity index (χ3n) is 3.14. The van der Waals surface area contributed by atoms with Gasteiger partial charge in [-0.05, 0) is 39.3 Å². The standard InChI is InChI=1S/C17H25NO4/c1-5-10-18(16(19)22-17(2,3)4)11-13-12-20-14-8-6-7-9-15(14)21-13/h6-9,13H,5,10-12H2,1-4H3. The van der Waals surface area contributed by atoms with Gasteiger partial charge in [-0.1, -0.05) is 19.1 Å². The van der Waals surface area contributed by atoms with Crippen molar-refractivity contribution >= 4 is 6.09 Å². The molecule has 1 aliphatic rings. The fourth-order valence-electron chi connectivity index (χ4n) is 2.25. The van der Waals surface area contributed by atoms with Gasteiger partial charge >= 0.3 is 6.09 Å². The second kappa shape index (κ2) is 6.90. The van der Waals surface area contributed by atoms with Crippen molar-refractivity contribution in [2.45, 2.75) is 45.8 Å². The van der Waals surface area contributed by atoms with Crippen molar-refractivity contribution in [3.05, 3.63) is 24.3 Å². The Bertz CT molecular complexity index is 510. The van der Waals surface area contributed by atoms with Crippen molar-refractivity contribution in [3.8, 4) is 11.5 Å². The van der Waals surface area contributed by atoms with Gasteiger partial charge < -0.3 is 19.1 Å². The molecule has 5 nitrogen and oxygen atoms in total. The topological polar surface area (TPSA) is 48.0 Å². The summed E-state index contributed by atoms with van der Waals surface area (Å²) in [6.07, 6.45) is 0.370. The van der Waals surface area contributed by atoms with Gasteiger partial charge in [-0.15, -0.1) is 0 Å². The molecular weight excluding hydrogens is 282 g/mol. The summed E-state index contributed by atoms with van der Waals surface area (Å²) in [6, 6.07) is 7.57. The molecule has 22 heavy (non-hydrogen) atoms. The van der Waals surface area contributed by atoms with Gasteiger partial charge in [0.2, 0.25) is 0 Å². The number of ether oxygens (including phenoxy) is 3. The summed E-state index contributed by atoms with van der Waals surface area (Å²) in [6.45, 7) is 9.15. The Balaban J connectivity index is 1.98. The zero-order valence-corrected chi connectivity index (χ0v) is 13.8. The molecule has 0 fully saturated rings. The zero-order valence-electron chi connectivity index (χ0n) is 13.8. The van der Waals surface area contributed by atoms with E-state index in [0.29, 0.717) is 19.7 Å². The molecule has 0 spiro atoms. The van der Waals surface area contributed by atoms with E-state index in [-0.39, 0.29) is 12.2 Å². The minimum absolute atomic E-state index is 0.186. The van der Waals surface area contributed by atoms with Gasteiger partial charge in [-0.3, -0.25) is 0 Å². The van der Waals surface area contributed by atoms with Crippen LogP contribution in [-0.2, 0) is 4.74 Å². The molecule has 5 heteroatoms. The van der Waals surface area contributed by atoms with Crippen LogP contribution in [0.25, 0.3) is 0 Å². The van der Waals surface area contributed by atoms with Gasteiger partial charge in [0.1, 0.15) is 12.2 Å². The summed E-state index contributed by atoms with van der Waals surface area (Å²) in [5, 5.41) is 0. The van der Waals surface area contributed by atoms with E-state index >= 15 is 0 Å². The first-order valence-corrected chi connectivity index (χ1v) is 7.75. The number of hydrogen-bond donors (Lipinski definition) is 0. The number of carbonyl (C=O) groups is 1. The molecule has 1 aromatic carbocycles. The first-order valence-electron chi connectivity index (χ1n) is 7.75. The molecule has 2 rings (SSSR count). The average Bonchev–Trinajstić information content (AvgIpc) is 2.45. The quantitative estimate of drug-likeness (QED) is 0.854. The summed E-state index contributed by atoms with van der Waals surface area (Å²) in [5.74, 6) is 1.47. The highest BCUT2D eigenvalue weighted by atomic mass is 16.6. The van der Waals surface area contributed by atoms with Gasteiger partial charge in [0.25, 0.3) is 0 Å². The van der Waals surface area contributed by atoms with E-state index in [4.69, 9.17) is 14.2 Å². The molecule has 1 heterocycles. The van der Waals surface area contributed by atoms with E-state index in [1.807, 2.05) is 52.0 Å². The lowest BCUT2D eigenvalue weighted by Gasteiger charge is -2.32. The third kappa shape index (κ3) is 4.55.